The zero-order valence-corrected chi connectivity index (χ0v) is 17.2. The van der Waals surface area contributed by atoms with Crippen LogP contribution in [0.1, 0.15) is 10.4 Å². The van der Waals surface area contributed by atoms with E-state index in [4.69, 9.17) is 11.6 Å². The fourth-order valence-electron chi connectivity index (χ4n) is 2.72. The third-order valence-electron chi connectivity index (χ3n) is 4.27. The van der Waals surface area contributed by atoms with Gasteiger partial charge in [0, 0.05) is 23.8 Å². The number of sulfonamides is 1. The molecule has 30 heavy (non-hydrogen) atoms. The van der Waals surface area contributed by atoms with Crippen molar-refractivity contribution in [1.29, 1.82) is 0 Å². The minimum atomic E-state index is -3.89. The number of hydrogen-bond acceptors (Lipinski definition) is 5. The molecular weight excluding hydrogens is 430 g/mol. The molecule has 0 radical (unpaired) electrons. The number of nitro groups is 1. The Morgan fingerprint density at radius 3 is 2.40 bits per heavy atom. The van der Waals surface area contributed by atoms with Gasteiger partial charge in [0.1, 0.15) is 5.56 Å². The standard InChI is InChI=1S/C20H16ClN3O5S/c1-23(16-7-3-2-4-8-16)30(28,29)17-9-5-6-15(13-17)22-20(25)18-12-14(21)10-11-19(18)24(26)27/h2-13H,1H3,(H,22,25). The van der Waals surface area contributed by atoms with E-state index in [-0.39, 0.29) is 21.2 Å². The number of benzene rings is 3. The van der Waals surface area contributed by atoms with Crippen molar-refractivity contribution in [2.45, 2.75) is 4.90 Å². The highest BCUT2D eigenvalue weighted by molar-refractivity contribution is 7.92. The van der Waals surface area contributed by atoms with Crippen molar-refractivity contribution in [3.05, 3.63) is 93.5 Å². The number of para-hydroxylation sites is 1. The lowest BCUT2D eigenvalue weighted by molar-refractivity contribution is -0.385. The highest BCUT2D eigenvalue weighted by Gasteiger charge is 2.23. The van der Waals surface area contributed by atoms with Gasteiger partial charge in [0.2, 0.25) is 0 Å². The summed E-state index contributed by atoms with van der Waals surface area (Å²) in [6.45, 7) is 0. The Morgan fingerprint density at radius 2 is 1.73 bits per heavy atom. The third-order valence-corrected chi connectivity index (χ3v) is 6.29. The number of nitro benzene ring substituents is 1. The largest absolute Gasteiger partial charge is 0.322 e. The van der Waals surface area contributed by atoms with Crippen LogP contribution >= 0.6 is 11.6 Å². The summed E-state index contributed by atoms with van der Waals surface area (Å²) >= 11 is 5.86. The van der Waals surface area contributed by atoms with E-state index in [0.717, 1.165) is 10.4 Å². The predicted molar refractivity (Wildman–Crippen MR) is 115 cm³/mol. The molecular formula is C20H16ClN3O5S. The Labute approximate surface area is 177 Å². The normalized spacial score (nSPS) is 11.0. The van der Waals surface area contributed by atoms with Gasteiger partial charge >= 0.3 is 0 Å². The van der Waals surface area contributed by atoms with Crippen LogP contribution in [-0.4, -0.2) is 26.3 Å². The number of rotatable bonds is 6. The first-order valence-electron chi connectivity index (χ1n) is 8.59. The van der Waals surface area contributed by atoms with Gasteiger partial charge < -0.3 is 5.32 Å². The zero-order chi connectivity index (χ0) is 21.9. The van der Waals surface area contributed by atoms with Gasteiger partial charge in [0.05, 0.1) is 15.5 Å². The second-order valence-electron chi connectivity index (χ2n) is 6.21. The van der Waals surface area contributed by atoms with Crippen LogP contribution in [-0.2, 0) is 10.0 Å². The lowest BCUT2D eigenvalue weighted by Gasteiger charge is -2.19. The average Bonchev–Trinajstić information content (AvgIpc) is 2.73. The van der Waals surface area contributed by atoms with E-state index in [1.807, 2.05) is 0 Å². The topological polar surface area (TPSA) is 110 Å². The summed E-state index contributed by atoms with van der Waals surface area (Å²) in [7, 11) is -2.47. The van der Waals surface area contributed by atoms with Crippen molar-refractivity contribution in [3.63, 3.8) is 0 Å². The summed E-state index contributed by atoms with van der Waals surface area (Å²) in [4.78, 5) is 23.0. The van der Waals surface area contributed by atoms with Gasteiger partial charge in [-0.2, -0.15) is 0 Å². The molecule has 10 heteroatoms. The Hall–Kier alpha value is -3.43. The number of carbonyl (C=O) groups excluding carboxylic acids is 1. The molecule has 0 saturated carbocycles. The van der Waals surface area contributed by atoms with Crippen LogP contribution in [0, 0.1) is 10.1 Å². The molecule has 0 fully saturated rings. The highest BCUT2D eigenvalue weighted by atomic mass is 35.5. The van der Waals surface area contributed by atoms with Crippen molar-refractivity contribution < 1.29 is 18.1 Å². The smallest absolute Gasteiger partial charge is 0.282 e. The summed E-state index contributed by atoms with van der Waals surface area (Å²) in [5.74, 6) is -0.782. The first kappa shape index (κ1) is 21.3. The van der Waals surface area contributed by atoms with Crippen molar-refractivity contribution in [2.75, 3.05) is 16.7 Å². The quantitative estimate of drug-likeness (QED) is 0.448. The lowest BCUT2D eigenvalue weighted by atomic mass is 10.1. The van der Waals surface area contributed by atoms with E-state index in [1.165, 1.54) is 43.4 Å². The molecule has 0 bridgehead atoms. The molecule has 154 valence electrons. The molecule has 0 aliphatic rings. The fourth-order valence-corrected chi connectivity index (χ4v) is 4.13. The maximum absolute atomic E-state index is 12.9. The van der Waals surface area contributed by atoms with Gasteiger partial charge in [-0.25, -0.2) is 8.42 Å². The maximum atomic E-state index is 12.9. The molecule has 8 nitrogen and oxygen atoms in total. The van der Waals surface area contributed by atoms with E-state index in [9.17, 15) is 23.3 Å². The number of hydrogen-bond donors (Lipinski definition) is 1. The van der Waals surface area contributed by atoms with Crippen LogP contribution in [0.3, 0.4) is 0 Å². The van der Waals surface area contributed by atoms with Crippen LogP contribution in [0.2, 0.25) is 5.02 Å². The van der Waals surface area contributed by atoms with E-state index < -0.39 is 26.5 Å². The monoisotopic (exact) mass is 445 g/mol. The van der Waals surface area contributed by atoms with Gasteiger partial charge in [0.15, 0.2) is 0 Å². The molecule has 3 aromatic carbocycles. The van der Waals surface area contributed by atoms with Crippen LogP contribution in [0.4, 0.5) is 17.1 Å². The summed E-state index contributed by atoms with van der Waals surface area (Å²) in [5, 5.41) is 13.8. The molecule has 0 unspecified atom stereocenters. The van der Waals surface area contributed by atoms with Gasteiger partial charge in [-0.3, -0.25) is 19.2 Å². The van der Waals surface area contributed by atoms with Crippen molar-refractivity contribution in [2.24, 2.45) is 0 Å². The summed E-state index contributed by atoms with van der Waals surface area (Å²) in [5.41, 5.74) is -0.00930. The maximum Gasteiger partial charge on any atom is 0.282 e. The number of halogens is 1. The first-order chi connectivity index (χ1) is 14.2. The van der Waals surface area contributed by atoms with Crippen LogP contribution < -0.4 is 9.62 Å². The number of nitrogens with zero attached hydrogens (tertiary/aromatic N) is 2. The Kier molecular flexibility index (Phi) is 6.04. The molecule has 0 heterocycles. The Balaban J connectivity index is 1.90. The van der Waals surface area contributed by atoms with Crippen molar-refractivity contribution in [1.82, 2.24) is 0 Å². The molecule has 0 atom stereocenters. The van der Waals surface area contributed by atoms with Gasteiger partial charge in [0.25, 0.3) is 21.6 Å². The van der Waals surface area contributed by atoms with Crippen LogP contribution in [0.5, 0.6) is 0 Å². The zero-order valence-electron chi connectivity index (χ0n) is 15.7. The van der Waals surface area contributed by atoms with Crippen LogP contribution in [0.25, 0.3) is 0 Å². The minimum absolute atomic E-state index is 0.0488. The molecule has 0 aromatic heterocycles. The second kappa shape index (κ2) is 8.52. The molecule has 3 aromatic rings. The SMILES string of the molecule is CN(c1ccccc1)S(=O)(=O)c1cccc(NC(=O)c2cc(Cl)ccc2[N+](=O)[O-])c1. The molecule has 0 aliphatic heterocycles. The predicted octanol–water partition coefficient (Wildman–Crippen LogP) is 4.33. The van der Waals surface area contributed by atoms with Gasteiger partial charge in [-0.1, -0.05) is 35.9 Å². The molecule has 1 N–H and O–H groups in total. The summed E-state index contributed by atoms with van der Waals surface area (Å²) in [6.07, 6.45) is 0. The van der Waals surface area contributed by atoms with E-state index in [1.54, 1.807) is 30.3 Å². The molecule has 1 amide bonds. The Bertz CT molecular complexity index is 1220. The first-order valence-corrected chi connectivity index (χ1v) is 10.4. The number of amides is 1. The minimum Gasteiger partial charge on any atom is -0.322 e. The molecule has 3 rings (SSSR count). The highest BCUT2D eigenvalue weighted by Crippen LogP contribution is 2.26. The van der Waals surface area contributed by atoms with E-state index >= 15 is 0 Å². The van der Waals surface area contributed by atoms with E-state index in [0.29, 0.717) is 5.69 Å². The molecule has 0 spiro atoms. The van der Waals surface area contributed by atoms with Gasteiger partial charge in [-0.05, 0) is 42.5 Å². The number of nitrogens with one attached hydrogen (secondary N) is 1. The van der Waals surface area contributed by atoms with E-state index in [2.05, 4.69) is 5.32 Å². The fraction of sp³-hybridized carbons (Fsp3) is 0.0500. The Morgan fingerprint density at radius 1 is 1.03 bits per heavy atom. The number of carbonyl (C=O) groups is 1. The lowest BCUT2D eigenvalue weighted by Crippen LogP contribution is -2.26. The summed E-state index contributed by atoms with van der Waals surface area (Å²) < 4.78 is 27.0. The average molecular weight is 446 g/mol. The van der Waals surface area contributed by atoms with Gasteiger partial charge in [-0.15, -0.1) is 0 Å². The van der Waals surface area contributed by atoms with Crippen LogP contribution in [0.15, 0.2) is 77.7 Å². The molecule has 0 saturated heterocycles. The van der Waals surface area contributed by atoms with Crippen molar-refractivity contribution in [3.8, 4) is 0 Å². The molecule has 0 aliphatic carbocycles. The summed E-state index contributed by atoms with van der Waals surface area (Å²) in [6, 6.07) is 17.8. The second-order valence-corrected chi connectivity index (χ2v) is 8.61. The van der Waals surface area contributed by atoms with Crippen molar-refractivity contribution >= 4 is 44.6 Å². The third kappa shape index (κ3) is 4.42. The number of anilines is 2.